The monoisotopic (exact) mass is 514 g/mol. The number of nitrogens with zero attached hydrogens (tertiary/aromatic N) is 5. The standard InChI is InChI=1S/C27H36F2N6O2/c1-17(21-8-5-18(13-22(21)28)15-34-11-9-20(10-12-34)33(3)4)31-25-30-14-23(29)24(32-25)35-26(36)37-16-27(35,2)19-6-7-19/h5,8,13-14,17,19-20H,6-7,9-12,15-16H2,1-4H3,(H,30,31,32)/t17-,27?/m0/s1. The maximum absolute atomic E-state index is 15.1. The van der Waals surface area contributed by atoms with Crippen molar-refractivity contribution >= 4 is 17.9 Å². The number of cyclic esters (lactones) is 1. The molecule has 8 nitrogen and oxygen atoms in total. The zero-order valence-electron chi connectivity index (χ0n) is 22.0. The maximum Gasteiger partial charge on any atom is 0.416 e. The van der Waals surface area contributed by atoms with Crippen LogP contribution in [-0.2, 0) is 11.3 Å². The molecule has 2 atom stereocenters. The Balaban J connectivity index is 1.27. The fourth-order valence-corrected chi connectivity index (χ4v) is 5.61. The van der Waals surface area contributed by atoms with Crippen molar-refractivity contribution in [3.8, 4) is 0 Å². The van der Waals surface area contributed by atoms with Crippen molar-refractivity contribution in [1.29, 1.82) is 0 Å². The number of anilines is 2. The van der Waals surface area contributed by atoms with E-state index in [0.29, 0.717) is 11.6 Å². The third kappa shape index (κ3) is 5.27. The molecule has 1 saturated carbocycles. The minimum atomic E-state index is -0.700. The number of hydrogen-bond donors (Lipinski definition) is 1. The van der Waals surface area contributed by atoms with E-state index >= 15 is 4.39 Å². The van der Waals surface area contributed by atoms with Crippen molar-refractivity contribution in [2.24, 2.45) is 5.92 Å². The van der Waals surface area contributed by atoms with E-state index in [2.05, 4.69) is 39.2 Å². The summed E-state index contributed by atoms with van der Waals surface area (Å²) in [6.07, 6.45) is 4.57. The Labute approximate surface area is 217 Å². The van der Waals surface area contributed by atoms with Crippen LogP contribution in [0.1, 0.15) is 56.7 Å². The molecule has 1 N–H and O–H groups in total. The lowest BCUT2D eigenvalue weighted by Crippen LogP contribution is -2.47. The molecule has 0 spiro atoms. The van der Waals surface area contributed by atoms with Gasteiger partial charge in [0.05, 0.1) is 17.8 Å². The van der Waals surface area contributed by atoms with Gasteiger partial charge in [0.1, 0.15) is 12.4 Å². The van der Waals surface area contributed by atoms with E-state index < -0.39 is 23.5 Å². The first kappa shape index (κ1) is 25.8. The molecule has 3 fully saturated rings. The van der Waals surface area contributed by atoms with Crippen molar-refractivity contribution in [2.75, 3.05) is 44.0 Å². The summed E-state index contributed by atoms with van der Waals surface area (Å²) >= 11 is 0. The van der Waals surface area contributed by atoms with E-state index in [1.54, 1.807) is 19.1 Å². The van der Waals surface area contributed by atoms with Gasteiger partial charge in [-0.2, -0.15) is 4.98 Å². The van der Waals surface area contributed by atoms with Crippen LogP contribution in [0.4, 0.5) is 25.3 Å². The highest BCUT2D eigenvalue weighted by molar-refractivity contribution is 5.90. The molecule has 1 aliphatic carbocycles. The largest absolute Gasteiger partial charge is 0.447 e. The van der Waals surface area contributed by atoms with E-state index in [1.165, 1.54) is 4.90 Å². The number of benzene rings is 1. The van der Waals surface area contributed by atoms with Gasteiger partial charge in [-0.3, -0.25) is 4.90 Å². The third-order valence-corrected chi connectivity index (χ3v) is 8.15. The SMILES string of the molecule is C[C@H](Nc1ncc(F)c(N2C(=O)OCC2(C)C2CC2)n1)c1ccc(CN2CCC(N(C)C)CC2)cc1F. The highest BCUT2D eigenvalue weighted by atomic mass is 19.1. The molecule has 200 valence electrons. The smallest absolute Gasteiger partial charge is 0.416 e. The fourth-order valence-electron chi connectivity index (χ4n) is 5.61. The van der Waals surface area contributed by atoms with E-state index in [1.807, 2.05) is 13.0 Å². The summed E-state index contributed by atoms with van der Waals surface area (Å²) in [6.45, 7) is 6.61. The van der Waals surface area contributed by atoms with Gasteiger partial charge in [-0.15, -0.1) is 0 Å². The van der Waals surface area contributed by atoms with Gasteiger partial charge in [0, 0.05) is 18.2 Å². The lowest BCUT2D eigenvalue weighted by atomic mass is 9.96. The molecule has 3 aliphatic rings. The summed E-state index contributed by atoms with van der Waals surface area (Å²) in [7, 11) is 4.24. The van der Waals surface area contributed by atoms with Crippen molar-refractivity contribution in [1.82, 2.24) is 19.8 Å². The first-order valence-corrected chi connectivity index (χ1v) is 13.1. The zero-order chi connectivity index (χ0) is 26.3. The fraction of sp³-hybridized carbons (Fsp3) is 0.593. The molecular formula is C27H36F2N6O2. The second kappa shape index (κ2) is 10.1. The Morgan fingerprint density at radius 2 is 1.92 bits per heavy atom. The molecule has 10 heteroatoms. The molecule has 3 heterocycles. The summed E-state index contributed by atoms with van der Waals surface area (Å²) in [4.78, 5) is 26.8. The summed E-state index contributed by atoms with van der Waals surface area (Å²) in [5.41, 5.74) is 0.760. The molecule has 1 aromatic heterocycles. The number of carbonyl (C=O) groups excluding carboxylic acids is 1. The second-order valence-electron chi connectivity index (χ2n) is 11.1. The first-order valence-electron chi connectivity index (χ1n) is 13.1. The van der Waals surface area contributed by atoms with Crippen LogP contribution in [0, 0.1) is 17.6 Å². The normalized spacial score (nSPS) is 24.0. The molecule has 2 aliphatic heterocycles. The Kier molecular flexibility index (Phi) is 7.06. The van der Waals surface area contributed by atoms with Gasteiger partial charge >= 0.3 is 6.09 Å². The van der Waals surface area contributed by atoms with E-state index in [9.17, 15) is 9.18 Å². The van der Waals surface area contributed by atoms with Crippen molar-refractivity contribution in [2.45, 2.75) is 63.7 Å². The molecule has 1 unspecified atom stereocenters. The molecule has 2 aromatic rings. The Bertz CT molecular complexity index is 1150. The minimum absolute atomic E-state index is 0.115. The second-order valence-corrected chi connectivity index (χ2v) is 11.1. The van der Waals surface area contributed by atoms with Crippen molar-refractivity contribution in [3.63, 3.8) is 0 Å². The molecule has 0 bridgehead atoms. The summed E-state index contributed by atoms with van der Waals surface area (Å²) in [5.74, 6) is -0.762. The van der Waals surface area contributed by atoms with Gasteiger partial charge in [0.2, 0.25) is 5.95 Å². The molecule has 37 heavy (non-hydrogen) atoms. The van der Waals surface area contributed by atoms with Crippen LogP contribution in [0.2, 0.25) is 0 Å². The van der Waals surface area contributed by atoms with Crippen molar-refractivity contribution < 1.29 is 18.3 Å². The third-order valence-electron chi connectivity index (χ3n) is 8.15. The number of nitrogens with one attached hydrogen (secondary N) is 1. The number of hydrogen-bond acceptors (Lipinski definition) is 7. The molecular weight excluding hydrogens is 478 g/mol. The Morgan fingerprint density at radius 3 is 2.57 bits per heavy atom. The van der Waals surface area contributed by atoms with Crippen molar-refractivity contribution in [3.05, 3.63) is 47.2 Å². The topological polar surface area (TPSA) is 73.8 Å². The quantitative estimate of drug-likeness (QED) is 0.553. The predicted octanol–water partition coefficient (Wildman–Crippen LogP) is 4.58. The summed E-state index contributed by atoms with van der Waals surface area (Å²) in [6, 6.07) is 5.46. The lowest BCUT2D eigenvalue weighted by molar-refractivity contribution is 0.140. The minimum Gasteiger partial charge on any atom is -0.447 e. The van der Waals surface area contributed by atoms with E-state index in [4.69, 9.17) is 4.74 Å². The van der Waals surface area contributed by atoms with Crippen LogP contribution < -0.4 is 10.2 Å². The van der Waals surface area contributed by atoms with Crippen LogP contribution in [0.15, 0.2) is 24.4 Å². The number of likely N-dealkylation sites (tertiary alicyclic amines) is 1. The average molecular weight is 515 g/mol. The van der Waals surface area contributed by atoms with E-state index in [-0.39, 0.29) is 30.1 Å². The Hall–Kier alpha value is -2.85. The van der Waals surface area contributed by atoms with Gasteiger partial charge in [-0.05, 0) is 84.3 Å². The van der Waals surface area contributed by atoms with Crippen LogP contribution in [0.25, 0.3) is 0 Å². The lowest BCUT2D eigenvalue weighted by Gasteiger charge is -2.35. The predicted molar refractivity (Wildman–Crippen MR) is 137 cm³/mol. The molecule has 1 aromatic carbocycles. The zero-order valence-corrected chi connectivity index (χ0v) is 22.0. The van der Waals surface area contributed by atoms with Crippen LogP contribution in [-0.4, -0.2) is 71.2 Å². The molecule has 5 rings (SSSR count). The highest BCUT2D eigenvalue weighted by Gasteiger charge is 2.55. The van der Waals surface area contributed by atoms with Crippen LogP contribution >= 0.6 is 0 Å². The summed E-state index contributed by atoms with van der Waals surface area (Å²) in [5, 5.41) is 3.07. The molecule has 0 radical (unpaired) electrons. The maximum atomic E-state index is 15.1. The molecule has 2 saturated heterocycles. The number of ether oxygens (including phenoxy) is 1. The van der Waals surface area contributed by atoms with Gasteiger partial charge in [-0.25, -0.2) is 23.5 Å². The number of rotatable bonds is 8. The molecule has 1 amide bonds. The van der Waals surface area contributed by atoms with Gasteiger partial charge in [0.25, 0.3) is 0 Å². The van der Waals surface area contributed by atoms with Crippen LogP contribution in [0.5, 0.6) is 0 Å². The summed E-state index contributed by atoms with van der Waals surface area (Å²) < 4.78 is 35.2. The van der Waals surface area contributed by atoms with Gasteiger partial charge < -0.3 is 15.0 Å². The number of piperidine rings is 1. The first-order chi connectivity index (χ1) is 17.7. The van der Waals surface area contributed by atoms with Crippen LogP contribution in [0.3, 0.4) is 0 Å². The Morgan fingerprint density at radius 1 is 1.19 bits per heavy atom. The van der Waals surface area contributed by atoms with E-state index in [0.717, 1.165) is 57.1 Å². The number of aromatic nitrogens is 2. The van der Waals surface area contributed by atoms with Gasteiger partial charge in [0.15, 0.2) is 11.6 Å². The number of halogens is 2. The number of amides is 1. The highest BCUT2D eigenvalue weighted by Crippen LogP contribution is 2.47. The average Bonchev–Trinajstić information content (AvgIpc) is 3.67. The van der Waals surface area contributed by atoms with Gasteiger partial charge in [-0.1, -0.05) is 12.1 Å². The number of carbonyl (C=O) groups is 1.